The predicted octanol–water partition coefficient (Wildman–Crippen LogP) is 1.82. The maximum atomic E-state index is 12.2. The van der Waals surface area contributed by atoms with Gasteiger partial charge in [0.1, 0.15) is 0 Å². The van der Waals surface area contributed by atoms with Crippen LogP contribution in [-0.4, -0.2) is 33.4 Å². The lowest BCUT2D eigenvalue weighted by atomic mass is 10.1. The number of hydrogen-bond donors (Lipinski definition) is 1. The topological polar surface area (TPSA) is 49.4 Å². The van der Waals surface area contributed by atoms with Crippen molar-refractivity contribution in [2.24, 2.45) is 5.92 Å². The first-order chi connectivity index (χ1) is 8.85. The van der Waals surface area contributed by atoms with Crippen LogP contribution in [-0.2, 0) is 22.3 Å². The van der Waals surface area contributed by atoms with Crippen LogP contribution in [0.25, 0.3) is 0 Å². The van der Waals surface area contributed by atoms with E-state index in [0.29, 0.717) is 12.5 Å². The summed E-state index contributed by atoms with van der Waals surface area (Å²) in [4.78, 5) is 0. The van der Waals surface area contributed by atoms with Gasteiger partial charge in [0, 0.05) is 20.1 Å². The summed E-state index contributed by atoms with van der Waals surface area (Å²) in [5, 5.41) is 3.07. The van der Waals surface area contributed by atoms with Crippen LogP contribution in [0.3, 0.4) is 0 Å². The Morgan fingerprint density at radius 1 is 1.16 bits per heavy atom. The zero-order chi connectivity index (χ0) is 14.5. The molecule has 1 aromatic carbocycles. The molecular formula is C14H24N2O2S. The molecule has 0 saturated carbocycles. The van der Waals surface area contributed by atoms with E-state index in [4.69, 9.17) is 0 Å². The van der Waals surface area contributed by atoms with E-state index in [2.05, 4.69) is 5.32 Å². The third-order valence-electron chi connectivity index (χ3n) is 2.85. The highest BCUT2D eigenvalue weighted by atomic mass is 32.2. The third-order valence-corrected chi connectivity index (χ3v) is 4.65. The fraction of sp³-hybridized carbons (Fsp3) is 0.571. The SMILES string of the molecule is CNCc1ccc(CS(=O)(=O)N(C)CC(C)C)cc1. The van der Waals surface area contributed by atoms with Crippen molar-refractivity contribution in [1.29, 1.82) is 0 Å². The molecule has 0 aromatic heterocycles. The molecule has 0 bridgehead atoms. The summed E-state index contributed by atoms with van der Waals surface area (Å²) < 4.78 is 25.8. The number of rotatable bonds is 7. The van der Waals surface area contributed by atoms with Crippen molar-refractivity contribution in [3.8, 4) is 0 Å². The van der Waals surface area contributed by atoms with Gasteiger partial charge < -0.3 is 5.32 Å². The molecule has 4 nitrogen and oxygen atoms in total. The summed E-state index contributed by atoms with van der Waals surface area (Å²) in [6, 6.07) is 7.69. The first-order valence-corrected chi connectivity index (χ1v) is 8.12. The lowest BCUT2D eigenvalue weighted by molar-refractivity contribution is 0.416. The maximum Gasteiger partial charge on any atom is 0.218 e. The number of sulfonamides is 1. The van der Waals surface area contributed by atoms with Crippen LogP contribution >= 0.6 is 0 Å². The van der Waals surface area contributed by atoms with E-state index in [1.807, 2.05) is 45.2 Å². The van der Waals surface area contributed by atoms with Crippen LogP contribution in [0.15, 0.2) is 24.3 Å². The second-order valence-electron chi connectivity index (χ2n) is 5.28. The molecular weight excluding hydrogens is 260 g/mol. The normalized spacial score (nSPS) is 12.3. The molecule has 0 aliphatic heterocycles. The molecule has 0 fully saturated rings. The molecule has 1 rings (SSSR count). The molecule has 0 aliphatic carbocycles. The minimum atomic E-state index is -3.22. The van der Waals surface area contributed by atoms with Crippen LogP contribution in [0.4, 0.5) is 0 Å². The standard InChI is InChI=1S/C14H24N2O2S/c1-12(2)10-16(4)19(17,18)11-14-7-5-13(6-8-14)9-15-3/h5-8,12,15H,9-11H2,1-4H3. The zero-order valence-corrected chi connectivity index (χ0v) is 13.0. The van der Waals surface area contributed by atoms with E-state index < -0.39 is 10.0 Å². The van der Waals surface area contributed by atoms with E-state index in [9.17, 15) is 8.42 Å². The van der Waals surface area contributed by atoms with Crippen molar-refractivity contribution in [3.05, 3.63) is 35.4 Å². The molecule has 0 spiro atoms. The van der Waals surface area contributed by atoms with E-state index in [1.165, 1.54) is 4.31 Å². The number of nitrogens with zero attached hydrogens (tertiary/aromatic N) is 1. The Morgan fingerprint density at radius 3 is 2.16 bits per heavy atom. The van der Waals surface area contributed by atoms with Crippen molar-refractivity contribution in [1.82, 2.24) is 9.62 Å². The van der Waals surface area contributed by atoms with Gasteiger partial charge in [-0.2, -0.15) is 0 Å². The summed E-state index contributed by atoms with van der Waals surface area (Å²) in [5.41, 5.74) is 1.98. The number of nitrogens with one attached hydrogen (secondary N) is 1. The summed E-state index contributed by atoms with van der Waals surface area (Å²) in [6.07, 6.45) is 0. The molecule has 108 valence electrons. The van der Waals surface area contributed by atoms with Gasteiger partial charge in [-0.05, 0) is 24.1 Å². The first-order valence-electron chi connectivity index (χ1n) is 6.51. The smallest absolute Gasteiger partial charge is 0.218 e. The molecule has 1 aromatic rings. The van der Waals surface area contributed by atoms with Crippen molar-refractivity contribution in [2.45, 2.75) is 26.1 Å². The summed E-state index contributed by atoms with van der Waals surface area (Å²) in [7, 11) is 0.316. The van der Waals surface area contributed by atoms with Crippen molar-refractivity contribution in [3.63, 3.8) is 0 Å². The number of hydrogen-bond acceptors (Lipinski definition) is 3. The summed E-state index contributed by atoms with van der Waals surface area (Å²) >= 11 is 0. The largest absolute Gasteiger partial charge is 0.316 e. The Balaban J connectivity index is 2.72. The van der Waals surface area contributed by atoms with Gasteiger partial charge in [-0.3, -0.25) is 0 Å². The molecule has 0 heterocycles. The van der Waals surface area contributed by atoms with Gasteiger partial charge in [-0.15, -0.1) is 0 Å². The summed E-state index contributed by atoms with van der Waals surface area (Å²) in [5.74, 6) is 0.397. The molecule has 1 N–H and O–H groups in total. The second kappa shape index (κ2) is 7.03. The Labute approximate surface area is 116 Å². The lowest BCUT2D eigenvalue weighted by Crippen LogP contribution is -2.31. The molecule has 0 atom stereocenters. The van der Waals surface area contributed by atoms with Crippen LogP contribution in [0.5, 0.6) is 0 Å². The minimum absolute atomic E-state index is 0.0655. The Morgan fingerprint density at radius 2 is 1.68 bits per heavy atom. The fourth-order valence-corrected chi connectivity index (χ4v) is 3.27. The van der Waals surface area contributed by atoms with E-state index in [0.717, 1.165) is 17.7 Å². The van der Waals surface area contributed by atoms with Crippen LogP contribution in [0, 0.1) is 5.92 Å². The Hall–Kier alpha value is -0.910. The minimum Gasteiger partial charge on any atom is -0.316 e. The highest BCUT2D eigenvalue weighted by Gasteiger charge is 2.19. The van der Waals surface area contributed by atoms with Crippen LogP contribution in [0.1, 0.15) is 25.0 Å². The highest BCUT2D eigenvalue weighted by molar-refractivity contribution is 7.88. The molecule has 0 radical (unpaired) electrons. The summed E-state index contributed by atoms with van der Waals surface area (Å²) in [6.45, 7) is 5.37. The average molecular weight is 284 g/mol. The van der Waals surface area contributed by atoms with Crippen LogP contribution in [0.2, 0.25) is 0 Å². The van der Waals surface area contributed by atoms with Gasteiger partial charge in [0.2, 0.25) is 10.0 Å². The van der Waals surface area contributed by atoms with Gasteiger partial charge in [-0.25, -0.2) is 12.7 Å². The third kappa shape index (κ3) is 5.30. The fourth-order valence-electron chi connectivity index (χ4n) is 1.91. The van der Waals surface area contributed by atoms with Gasteiger partial charge >= 0.3 is 0 Å². The van der Waals surface area contributed by atoms with Gasteiger partial charge in [0.15, 0.2) is 0 Å². The van der Waals surface area contributed by atoms with E-state index in [1.54, 1.807) is 7.05 Å². The Kier molecular flexibility index (Phi) is 5.97. The lowest BCUT2D eigenvalue weighted by Gasteiger charge is -2.19. The molecule has 0 saturated heterocycles. The maximum absolute atomic E-state index is 12.2. The molecule has 19 heavy (non-hydrogen) atoms. The Bertz CT molecular complexity index is 481. The van der Waals surface area contributed by atoms with Gasteiger partial charge in [-0.1, -0.05) is 38.1 Å². The molecule has 0 aliphatic rings. The number of benzene rings is 1. The van der Waals surface area contributed by atoms with E-state index >= 15 is 0 Å². The van der Waals surface area contributed by atoms with Gasteiger partial charge in [0.05, 0.1) is 5.75 Å². The quantitative estimate of drug-likeness (QED) is 0.831. The molecule has 0 unspecified atom stereocenters. The monoisotopic (exact) mass is 284 g/mol. The average Bonchev–Trinajstić information content (AvgIpc) is 2.31. The first kappa shape index (κ1) is 16.1. The predicted molar refractivity (Wildman–Crippen MR) is 79.3 cm³/mol. The van der Waals surface area contributed by atoms with Crippen LogP contribution < -0.4 is 5.32 Å². The van der Waals surface area contributed by atoms with Gasteiger partial charge in [0.25, 0.3) is 0 Å². The molecule has 5 heteroatoms. The highest BCUT2D eigenvalue weighted by Crippen LogP contribution is 2.12. The van der Waals surface area contributed by atoms with Crippen molar-refractivity contribution >= 4 is 10.0 Å². The zero-order valence-electron chi connectivity index (χ0n) is 12.2. The molecule has 0 amide bonds. The van der Waals surface area contributed by atoms with Crippen molar-refractivity contribution < 1.29 is 8.42 Å². The van der Waals surface area contributed by atoms with Crippen molar-refractivity contribution in [2.75, 3.05) is 20.6 Å². The van der Waals surface area contributed by atoms with E-state index in [-0.39, 0.29) is 5.75 Å². The second-order valence-corrected chi connectivity index (χ2v) is 7.35.